The third kappa shape index (κ3) is 4.87. The van der Waals surface area contributed by atoms with E-state index in [1.807, 2.05) is 13.8 Å². The normalized spacial score (nSPS) is 12.9. The highest BCUT2D eigenvalue weighted by Crippen LogP contribution is 2.34. The van der Waals surface area contributed by atoms with Crippen LogP contribution in [0.5, 0.6) is 0 Å². The van der Waals surface area contributed by atoms with E-state index in [1.54, 1.807) is 26.0 Å². The van der Waals surface area contributed by atoms with Gasteiger partial charge >= 0.3 is 0 Å². The van der Waals surface area contributed by atoms with Crippen molar-refractivity contribution in [3.63, 3.8) is 0 Å². The lowest BCUT2D eigenvalue weighted by Crippen LogP contribution is -2.23. The van der Waals surface area contributed by atoms with Crippen molar-refractivity contribution in [2.24, 2.45) is 11.0 Å². The van der Waals surface area contributed by atoms with Crippen molar-refractivity contribution in [2.75, 3.05) is 11.5 Å². The molecule has 0 aliphatic rings. The van der Waals surface area contributed by atoms with Crippen LogP contribution in [0, 0.1) is 5.92 Å². The fourth-order valence-electron chi connectivity index (χ4n) is 3.00. The zero-order chi connectivity index (χ0) is 21.8. The Morgan fingerprint density at radius 1 is 1.07 bits per heavy atom. The number of aromatic nitrogens is 1. The second kappa shape index (κ2) is 9.08. The van der Waals surface area contributed by atoms with Crippen molar-refractivity contribution in [2.45, 2.75) is 50.3 Å². The predicted octanol–water partition coefficient (Wildman–Crippen LogP) is 2.68. The molecule has 0 saturated carbocycles. The van der Waals surface area contributed by atoms with Gasteiger partial charge in [-0.2, -0.15) is 5.10 Å². The van der Waals surface area contributed by atoms with E-state index < -0.39 is 30.5 Å². The number of sulfone groups is 2. The van der Waals surface area contributed by atoms with Gasteiger partial charge in [0, 0.05) is 12.4 Å². The number of hydrogen-bond donors (Lipinski definition) is 1. The van der Waals surface area contributed by atoms with E-state index in [2.05, 4.69) is 10.5 Å². The average molecular weight is 442 g/mol. The molecule has 0 saturated heterocycles. The number of nitrogens with zero attached hydrogens (tertiary/aromatic N) is 2. The quantitative estimate of drug-likeness (QED) is 0.475. The van der Waals surface area contributed by atoms with Crippen LogP contribution in [0.25, 0.3) is 5.52 Å². The van der Waals surface area contributed by atoms with Crippen LogP contribution in [0.3, 0.4) is 0 Å². The smallest absolute Gasteiger partial charge is 0.289 e. The summed E-state index contributed by atoms with van der Waals surface area (Å²) in [7, 11) is -7.97. The highest BCUT2D eigenvalue weighted by molar-refractivity contribution is 7.94. The maximum Gasteiger partial charge on any atom is 0.289 e. The molecule has 2 aromatic rings. The van der Waals surface area contributed by atoms with Gasteiger partial charge in [-0.15, -0.1) is 0 Å². The minimum atomic E-state index is -4.03. The van der Waals surface area contributed by atoms with Gasteiger partial charge in [-0.1, -0.05) is 33.8 Å². The minimum Gasteiger partial charge on any atom is -0.310 e. The van der Waals surface area contributed by atoms with E-state index in [9.17, 15) is 21.6 Å². The Morgan fingerprint density at radius 3 is 2.21 bits per heavy atom. The summed E-state index contributed by atoms with van der Waals surface area (Å²) >= 11 is 0. The molecule has 0 bridgehead atoms. The maximum absolute atomic E-state index is 13.1. The first-order valence-corrected chi connectivity index (χ1v) is 12.8. The molecule has 1 N–H and O–H groups in total. The standard InChI is InChI=1S/C19H27N3O5S2/c1-5-11-28(24,25)17-15-9-7-8-10-22(15)16(18(17)29(26,27)12-6-2)19(23)21-20-13-14(3)4/h7-10,13-14H,5-6,11-12H2,1-4H3,(H,21,23)/b20-13+. The molecule has 0 aliphatic heterocycles. The lowest BCUT2D eigenvalue weighted by atomic mass is 10.3. The van der Waals surface area contributed by atoms with Crippen LogP contribution < -0.4 is 5.43 Å². The summed E-state index contributed by atoms with van der Waals surface area (Å²) in [5, 5.41) is 3.85. The third-order valence-corrected chi connectivity index (χ3v) is 8.15. The van der Waals surface area contributed by atoms with Crippen LogP contribution in [-0.2, 0) is 19.7 Å². The maximum atomic E-state index is 13.1. The molecule has 2 heterocycles. The molecule has 2 aromatic heterocycles. The fourth-order valence-corrected chi connectivity index (χ4v) is 6.98. The number of hydrazone groups is 1. The molecular formula is C19H27N3O5S2. The molecule has 0 radical (unpaired) electrons. The molecule has 0 atom stereocenters. The van der Waals surface area contributed by atoms with E-state index >= 15 is 0 Å². The highest BCUT2D eigenvalue weighted by atomic mass is 32.2. The molecule has 160 valence electrons. The molecule has 0 fully saturated rings. The number of carbonyl (C=O) groups is 1. The summed E-state index contributed by atoms with van der Waals surface area (Å²) < 4.78 is 53.5. The minimum absolute atomic E-state index is 0.0724. The summed E-state index contributed by atoms with van der Waals surface area (Å²) in [5.74, 6) is -1.20. The Hall–Kier alpha value is -2.20. The van der Waals surface area contributed by atoms with Gasteiger partial charge in [0.25, 0.3) is 5.91 Å². The molecule has 0 aromatic carbocycles. The lowest BCUT2D eigenvalue weighted by molar-refractivity contribution is 0.0945. The number of pyridine rings is 1. The van der Waals surface area contributed by atoms with Crippen molar-refractivity contribution in [3.05, 3.63) is 30.1 Å². The third-order valence-electron chi connectivity index (χ3n) is 4.08. The zero-order valence-electron chi connectivity index (χ0n) is 17.0. The van der Waals surface area contributed by atoms with Gasteiger partial charge in [-0.25, -0.2) is 22.3 Å². The summed E-state index contributed by atoms with van der Waals surface area (Å²) in [6, 6.07) is 4.71. The van der Waals surface area contributed by atoms with Crippen LogP contribution in [0.2, 0.25) is 0 Å². The number of amides is 1. The van der Waals surface area contributed by atoms with Crippen molar-refractivity contribution in [3.8, 4) is 0 Å². The van der Waals surface area contributed by atoms with Gasteiger partial charge in [0.15, 0.2) is 19.7 Å². The van der Waals surface area contributed by atoms with E-state index in [0.717, 1.165) is 0 Å². The topological polar surface area (TPSA) is 114 Å². The lowest BCUT2D eigenvalue weighted by Gasteiger charge is -2.09. The van der Waals surface area contributed by atoms with E-state index in [4.69, 9.17) is 0 Å². The predicted molar refractivity (Wildman–Crippen MR) is 113 cm³/mol. The Morgan fingerprint density at radius 2 is 1.66 bits per heavy atom. The highest BCUT2D eigenvalue weighted by Gasteiger charge is 2.36. The van der Waals surface area contributed by atoms with Crippen molar-refractivity contribution in [1.29, 1.82) is 0 Å². The number of carbonyl (C=O) groups excluding carboxylic acids is 1. The van der Waals surface area contributed by atoms with Crippen LogP contribution in [0.15, 0.2) is 39.3 Å². The largest absolute Gasteiger partial charge is 0.310 e. The SMILES string of the molecule is CCCS(=O)(=O)c1c(S(=O)(=O)CCC)c2ccccn2c1C(=O)N/N=C/C(C)C. The van der Waals surface area contributed by atoms with Gasteiger partial charge in [0.2, 0.25) is 0 Å². The van der Waals surface area contributed by atoms with Gasteiger partial charge in [-0.05, 0) is 30.9 Å². The van der Waals surface area contributed by atoms with Gasteiger partial charge in [0.1, 0.15) is 15.5 Å². The Labute approximate surface area is 171 Å². The number of rotatable bonds is 9. The molecule has 1 amide bonds. The van der Waals surface area contributed by atoms with Crippen molar-refractivity contribution < 1.29 is 21.6 Å². The fraction of sp³-hybridized carbons (Fsp3) is 0.474. The van der Waals surface area contributed by atoms with Crippen LogP contribution in [0.4, 0.5) is 0 Å². The molecule has 0 unspecified atom stereocenters. The molecule has 10 heteroatoms. The molecular weight excluding hydrogens is 414 g/mol. The molecule has 2 rings (SSSR count). The first kappa shape index (κ1) is 23.1. The van der Waals surface area contributed by atoms with E-state index in [1.165, 1.54) is 22.9 Å². The van der Waals surface area contributed by atoms with Crippen LogP contribution >= 0.6 is 0 Å². The van der Waals surface area contributed by atoms with Crippen molar-refractivity contribution >= 4 is 37.3 Å². The number of hydrogen-bond acceptors (Lipinski definition) is 6. The Kier molecular flexibility index (Phi) is 7.23. The van der Waals surface area contributed by atoms with Gasteiger partial charge in [0.05, 0.1) is 17.0 Å². The average Bonchev–Trinajstić information content (AvgIpc) is 2.98. The summed E-state index contributed by atoms with van der Waals surface area (Å²) in [5.41, 5.74) is 2.24. The van der Waals surface area contributed by atoms with Crippen molar-refractivity contribution in [1.82, 2.24) is 9.83 Å². The summed E-state index contributed by atoms with van der Waals surface area (Å²) in [4.78, 5) is 12.1. The second-order valence-corrected chi connectivity index (χ2v) is 11.2. The number of fused-ring (bicyclic) bond motifs is 1. The Balaban J connectivity index is 2.90. The zero-order valence-corrected chi connectivity index (χ0v) is 18.7. The van der Waals surface area contributed by atoms with E-state index in [-0.39, 0.29) is 40.0 Å². The van der Waals surface area contributed by atoms with E-state index in [0.29, 0.717) is 6.42 Å². The second-order valence-electron chi connectivity index (χ2n) is 7.06. The first-order chi connectivity index (χ1) is 13.6. The van der Waals surface area contributed by atoms with Crippen LogP contribution in [0.1, 0.15) is 51.0 Å². The first-order valence-electron chi connectivity index (χ1n) is 9.48. The molecule has 29 heavy (non-hydrogen) atoms. The monoisotopic (exact) mass is 441 g/mol. The Bertz CT molecular complexity index is 1130. The molecule has 0 spiro atoms. The molecule has 8 nitrogen and oxygen atoms in total. The van der Waals surface area contributed by atoms with Gasteiger partial charge < -0.3 is 4.40 Å². The van der Waals surface area contributed by atoms with Gasteiger partial charge in [-0.3, -0.25) is 4.79 Å². The summed E-state index contributed by atoms with van der Waals surface area (Å²) in [6.45, 7) is 7.12. The van der Waals surface area contributed by atoms with Crippen LogP contribution in [-0.4, -0.2) is 44.9 Å². The summed E-state index contributed by atoms with van der Waals surface area (Å²) in [6.07, 6.45) is 3.59. The number of nitrogens with one attached hydrogen (secondary N) is 1. The molecule has 0 aliphatic carbocycles.